The summed E-state index contributed by atoms with van der Waals surface area (Å²) < 4.78 is 0. The summed E-state index contributed by atoms with van der Waals surface area (Å²) >= 11 is 0. The Morgan fingerprint density at radius 1 is 0.220 bits per heavy atom. The van der Waals surface area contributed by atoms with Gasteiger partial charge in [0.2, 0.25) is 0 Å². The Morgan fingerprint density at radius 2 is 0.760 bits per heavy atom. The highest BCUT2D eigenvalue weighted by atomic mass is 14.2. The van der Waals surface area contributed by atoms with Gasteiger partial charge in [-0.25, -0.2) is 0 Å². The molecule has 0 heteroatoms. The SMILES string of the molecule is c1ccc(-c2ccc3c(-c4cc5ccccc5c5ccccc45)c4ccccc4c(-c4ccc5ccc6cccc7ccc4c5c67)c3c2)cc1. The summed E-state index contributed by atoms with van der Waals surface area (Å²) in [6.07, 6.45) is 0. The summed E-state index contributed by atoms with van der Waals surface area (Å²) in [5, 5.41) is 18.1. The molecule has 0 fully saturated rings. The molecule has 0 aliphatic heterocycles. The molecule has 0 aromatic heterocycles. The van der Waals surface area contributed by atoms with Crippen LogP contribution in [0.15, 0.2) is 182 Å². The van der Waals surface area contributed by atoms with Gasteiger partial charge < -0.3 is 0 Å². The van der Waals surface area contributed by atoms with E-state index in [0.29, 0.717) is 0 Å². The van der Waals surface area contributed by atoms with Crippen LogP contribution in [0.1, 0.15) is 0 Å². The fraction of sp³-hybridized carbons (Fsp3) is 0. The second-order valence-corrected chi connectivity index (χ2v) is 13.6. The minimum absolute atomic E-state index is 1.22. The molecule has 0 N–H and O–H groups in total. The van der Waals surface area contributed by atoms with Crippen molar-refractivity contribution in [1.82, 2.24) is 0 Å². The number of hydrogen-bond acceptors (Lipinski definition) is 0. The van der Waals surface area contributed by atoms with E-state index in [1.54, 1.807) is 0 Å². The van der Waals surface area contributed by atoms with Crippen molar-refractivity contribution in [3.63, 3.8) is 0 Å². The molecule has 11 aromatic rings. The Bertz CT molecular complexity index is 3110. The van der Waals surface area contributed by atoms with Crippen LogP contribution in [0.4, 0.5) is 0 Å². The highest BCUT2D eigenvalue weighted by molar-refractivity contribution is 6.31. The largest absolute Gasteiger partial charge is 0.0622 e. The number of hydrogen-bond donors (Lipinski definition) is 0. The number of fused-ring (bicyclic) bond motifs is 5. The van der Waals surface area contributed by atoms with Crippen molar-refractivity contribution >= 4 is 75.4 Å². The van der Waals surface area contributed by atoms with Crippen LogP contribution in [0.5, 0.6) is 0 Å². The van der Waals surface area contributed by atoms with E-state index in [4.69, 9.17) is 0 Å². The second-order valence-electron chi connectivity index (χ2n) is 13.6. The molecule has 11 aromatic carbocycles. The van der Waals surface area contributed by atoms with Gasteiger partial charge in [-0.1, -0.05) is 170 Å². The van der Waals surface area contributed by atoms with Gasteiger partial charge in [-0.15, -0.1) is 0 Å². The molecule has 0 saturated heterocycles. The molecule has 230 valence electrons. The van der Waals surface area contributed by atoms with Crippen LogP contribution < -0.4 is 0 Å². The molecule has 0 saturated carbocycles. The van der Waals surface area contributed by atoms with E-state index in [1.807, 2.05) is 0 Å². The summed E-state index contributed by atoms with van der Waals surface area (Å²) in [6.45, 7) is 0. The predicted molar refractivity (Wildman–Crippen MR) is 216 cm³/mol. The van der Waals surface area contributed by atoms with Crippen LogP contribution in [0.3, 0.4) is 0 Å². The molecule has 0 spiro atoms. The third-order valence-corrected chi connectivity index (χ3v) is 11.0. The lowest BCUT2D eigenvalue weighted by Crippen LogP contribution is -1.94. The molecule has 11 rings (SSSR count). The maximum absolute atomic E-state index is 2.44. The second kappa shape index (κ2) is 10.5. The molecule has 0 radical (unpaired) electrons. The summed E-state index contributed by atoms with van der Waals surface area (Å²) in [4.78, 5) is 0. The van der Waals surface area contributed by atoms with Crippen LogP contribution >= 0.6 is 0 Å². The maximum Gasteiger partial charge on any atom is -0.00199 e. The summed E-state index contributed by atoms with van der Waals surface area (Å²) in [5.74, 6) is 0. The predicted octanol–water partition coefficient (Wildman–Crippen LogP) is 14.2. The molecule has 0 atom stereocenters. The van der Waals surface area contributed by atoms with Crippen molar-refractivity contribution < 1.29 is 0 Å². The minimum atomic E-state index is 1.22. The summed E-state index contributed by atoms with van der Waals surface area (Å²) in [7, 11) is 0. The van der Waals surface area contributed by atoms with Crippen molar-refractivity contribution in [2.45, 2.75) is 0 Å². The topological polar surface area (TPSA) is 0 Å². The van der Waals surface area contributed by atoms with Crippen molar-refractivity contribution in [2.75, 3.05) is 0 Å². The maximum atomic E-state index is 2.44. The quantitative estimate of drug-likeness (QED) is 0.135. The van der Waals surface area contributed by atoms with E-state index in [1.165, 1.54) is 109 Å². The van der Waals surface area contributed by atoms with Crippen LogP contribution in [0, 0.1) is 0 Å². The van der Waals surface area contributed by atoms with E-state index in [0.717, 1.165) is 0 Å². The first-order valence-corrected chi connectivity index (χ1v) is 17.4. The average Bonchev–Trinajstić information content (AvgIpc) is 3.19. The van der Waals surface area contributed by atoms with Gasteiger partial charge >= 0.3 is 0 Å². The molecule has 0 bridgehead atoms. The molecule has 0 aliphatic carbocycles. The number of rotatable bonds is 3. The lowest BCUT2D eigenvalue weighted by atomic mass is 9.81. The molecule has 0 unspecified atom stereocenters. The average molecular weight is 631 g/mol. The zero-order valence-corrected chi connectivity index (χ0v) is 27.3. The lowest BCUT2D eigenvalue weighted by molar-refractivity contribution is 1.64. The molecule has 0 amide bonds. The Labute approximate surface area is 289 Å². The fourth-order valence-corrected chi connectivity index (χ4v) is 8.78. The summed E-state index contributed by atoms with van der Waals surface area (Å²) in [5.41, 5.74) is 7.58. The van der Waals surface area contributed by atoms with Gasteiger partial charge in [-0.3, -0.25) is 0 Å². The molecule has 0 nitrogen and oxygen atoms in total. The first kappa shape index (κ1) is 27.5. The van der Waals surface area contributed by atoms with Crippen molar-refractivity contribution in [1.29, 1.82) is 0 Å². The van der Waals surface area contributed by atoms with Crippen molar-refractivity contribution in [2.24, 2.45) is 0 Å². The smallest absolute Gasteiger partial charge is 0.00199 e. The van der Waals surface area contributed by atoms with Crippen LogP contribution in [-0.2, 0) is 0 Å². The fourth-order valence-electron chi connectivity index (χ4n) is 8.78. The van der Waals surface area contributed by atoms with Crippen molar-refractivity contribution in [3.8, 4) is 33.4 Å². The lowest BCUT2D eigenvalue weighted by Gasteiger charge is -2.22. The minimum Gasteiger partial charge on any atom is -0.0622 e. The van der Waals surface area contributed by atoms with E-state index >= 15 is 0 Å². The van der Waals surface area contributed by atoms with E-state index in [-0.39, 0.29) is 0 Å². The van der Waals surface area contributed by atoms with E-state index < -0.39 is 0 Å². The van der Waals surface area contributed by atoms with Gasteiger partial charge in [0.1, 0.15) is 0 Å². The Morgan fingerprint density at radius 3 is 1.54 bits per heavy atom. The van der Waals surface area contributed by atoms with Gasteiger partial charge in [-0.05, 0) is 121 Å². The zero-order valence-electron chi connectivity index (χ0n) is 27.3. The molecule has 0 aliphatic rings. The molecular weight excluding hydrogens is 601 g/mol. The van der Waals surface area contributed by atoms with Gasteiger partial charge in [0.25, 0.3) is 0 Å². The highest BCUT2D eigenvalue weighted by Crippen LogP contribution is 2.49. The van der Waals surface area contributed by atoms with Gasteiger partial charge in [0, 0.05) is 0 Å². The first-order chi connectivity index (χ1) is 24.8. The van der Waals surface area contributed by atoms with E-state index in [9.17, 15) is 0 Å². The zero-order chi connectivity index (χ0) is 32.8. The van der Waals surface area contributed by atoms with Crippen molar-refractivity contribution in [3.05, 3.63) is 182 Å². The van der Waals surface area contributed by atoms with Crippen LogP contribution in [-0.4, -0.2) is 0 Å². The highest BCUT2D eigenvalue weighted by Gasteiger charge is 2.21. The van der Waals surface area contributed by atoms with Gasteiger partial charge in [0.05, 0.1) is 0 Å². The molecular formula is C50H30. The molecule has 0 heterocycles. The monoisotopic (exact) mass is 630 g/mol. The first-order valence-electron chi connectivity index (χ1n) is 17.4. The Kier molecular flexibility index (Phi) is 5.76. The normalized spacial score (nSPS) is 12.0. The Balaban J connectivity index is 1.34. The van der Waals surface area contributed by atoms with Gasteiger partial charge in [0.15, 0.2) is 0 Å². The Hall–Kier alpha value is -6.50. The third-order valence-electron chi connectivity index (χ3n) is 11.0. The van der Waals surface area contributed by atoms with Crippen LogP contribution in [0.2, 0.25) is 0 Å². The number of benzene rings is 11. The standard InChI is InChI=1S/C50H30/c1-2-11-31(12-3-1)35-25-28-44-46(29-35)49(43-27-24-34-22-21-32-14-10-15-33-23-26-42(43)48(34)47(32)33)40-19-8-9-20-41(40)50(44)45-30-36-13-4-5-16-37(36)38-17-6-7-18-39(38)45/h1-30H. The van der Waals surface area contributed by atoms with Crippen LogP contribution in [0.25, 0.3) is 109 Å². The molecule has 50 heavy (non-hydrogen) atoms. The third kappa shape index (κ3) is 3.88. The van der Waals surface area contributed by atoms with Gasteiger partial charge in [-0.2, -0.15) is 0 Å². The summed E-state index contributed by atoms with van der Waals surface area (Å²) in [6, 6.07) is 67.7. The van der Waals surface area contributed by atoms with E-state index in [2.05, 4.69) is 182 Å².